The van der Waals surface area contributed by atoms with Crippen LogP contribution in [-0.4, -0.2) is 0 Å². The fourth-order valence-electron chi connectivity index (χ4n) is 1.82. The van der Waals surface area contributed by atoms with Crippen LogP contribution in [-0.2, 0) is 0 Å². The van der Waals surface area contributed by atoms with Gasteiger partial charge in [-0.05, 0) is 36.8 Å². The lowest BCUT2D eigenvalue weighted by Crippen LogP contribution is -1.95. The molecule has 1 unspecified atom stereocenters. The zero-order valence-electron chi connectivity index (χ0n) is 13.7. The van der Waals surface area contributed by atoms with Crippen LogP contribution in [0.4, 0.5) is 0 Å². The van der Waals surface area contributed by atoms with Gasteiger partial charge in [0.1, 0.15) is 0 Å². The highest BCUT2D eigenvalue weighted by molar-refractivity contribution is 5.34. The van der Waals surface area contributed by atoms with Crippen molar-refractivity contribution in [3.05, 3.63) is 60.3 Å². The SMILES string of the molecule is C=C/C=C(\C=C/C)CC1=CC(C)CC=C1.CC.CC. The summed E-state index contributed by atoms with van der Waals surface area (Å²) in [6, 6.07) is 0. The second kappa shape index (κ2) is 14.8. The molecule has 0 heteroatoms. The summed E-state index contributed by atoms with van der Waals surface area (Å²) in [6.45, 7) is 16.0. The third kappa shape index (κ3) is 10.3. The van der Waals surface area contributed by atoms with Gasteiger partial charge in [-0.15, -0.1) is 0 Å². The van der Waals surface area contributed by atoms with E-state index >= 15 is 0 Å². The van der Waals surface area contributed by atoms with Crippen molar-refractivity contribution in [2.45, 2.75) is 54.4 Å². The molecule has 0 aliphatic heterocycles. The largest absolute Gasteiger partial charge is 0.0991 e. The highest BCUT2D eigenvalue weighted by atomic mass is 14.1. The molecule has 0 bridgehead atoms. The first-order chi connectivity index (χ1) is 9.26. The van der Waals surface area contributed by atoms with E-state index in [2.05, 4.69) is 50.0 Å². The molecule has 0 aromatic rings. The van der Waals surface area contributed by atoms with Gasteiger partial charge in [0.05, 0.1) is 0 Å². The minimum atomic E-state index is 0.681. The number of hydrogen-bond acceptors (Lipinski definition) is 0. The Morgan fingerprint density at radius 1 is 1.32 bits per heavy atom. The molecule has 0 N–H and O–H groups in total. The molecule has 1 aliphatic carbocycles. The Bertz CT molecular complexity index is 324. The number of rotatable bonds is 4. The molecule has 0 amide bonds. The average Bonchev–Trinajstić information content (AvgIpc) is 2.44. The molecule has 0 nitrogen and oxygen atoms in total. The van der Waals surface area contributed by atoms with Crippen molar-refractivity contribution in [1.29, 1.82) is 0 Å². The molecular formula is C19H32. The Hall–Kier alpha value is -1.30. The summed E-state index contributed by atoms with van der Waals surface area (Å²) >= 11 is 0. The first-order valence-corrected chi connectivity index (χ1v) is 7.57. The van der Waals surface area contributed by atoms with Gasteiger partial charge in [0, 0.05) is 0 Å². The van der Waals surface area contributed by atoms with E-state index in [4.69, 9.17) is 0 Å². The Kier molecular flexibility index (Phi) is 15.6. The maximum Gasteiger partial charge on any atom is -0.00291 e. The van der Waals surface area contributed by atoms with Gasteiger partial charge >= 0.3 is 0 Å². The van der Waals surface area contributed by atoms with Gasteiger partial charge in [-0.1, -0.05) is 83.7 Å². The van der Waals surface area contributed by atoms with Crippen molar-refractivity contribution in [2.75, 3.05) is 0 Å². The predicted octanol–water partition coefficient (Wildman–Crippen LogP) is 6.64. The van der Waals surface area contributed by atoms with Crippen molar-refractivity contribution >= 4 is 0 Å². The van der Waals surface area contributed by atoms with E-state index in [1.54, 1.807) is 0 Å². The van der Waals surface area contributed by atoms with Crippen LogP contribution in [0, 0.1) is 5.92 Å². The van der Waals surface area contributed by atoms with Gasteiger partial charge in [0.15, 0.2) is 0 Å². The first-order valence-electron chi connectivity index (χ1n) is 7.57. The molecular weight excluding hydrogens is 228 g/mol. The second-order valence-corrected chi connectivity index (χ2v) is 4.01. The van der Waals surface area contributed by atoms with Gasteiger partial charge in [-0.3, -0.25) is 0 Å². The Labute approximate surface area is 121 Å². The fraction of sp³-hybridized carbons (Fsp3) is 0.474. The topological polar surface area (TPSA) is 0 Å². The zero-order chi connectivity index (χ0) is 15.1. The normalized spacial score (nSPS) is 17.9. The Morgan fingerprint density at radius 2 is 1.95 bits per heavy atom. The molecule has 0 spiro atoms. The summed E-state index contributed by atoms with van der Waals surface area (Å²) in [5.41, 5.74) is 2.73. The van der Waals surface area contributed by atoms with Crippen LogP contribution >= 0.6 is 0 Å². The van der Waals surface area contributed by atoms with E-state index in [0.717, 1.165) is 6.42 Å². The third-order valence-corrected chi connectivity index (χ3v) is 2.46. The summed E-state index contributed by atoms with van der Waals surface area (Å²) < 4.78 is 0. The lowest BCUT2D eigenvalue weighted by molar-refractivity contribution is 0.725. The van der Waals surface area contributed by atoms with Gasteiger partial charge in [0.25, 0.3) is 0 Å². The maximum absolute atomic E-state index is 3.74. The van der Waals surface area contributed by atoms with Crippen LogP contribution in [0.25, 0.3) is 0 Å². The smallest absolute Gasteiger partial charge is 0.00291 e. The summed E-state index contributed by atoms with van der Waals surface area (Å²) in [6.07, 6.45) is 17.2. The van der Waals surface area contributed by atoms with E-state index in [1.165, 1.54) is 17.6 Å². The first kappa shape index (κ1) is 20.0. The Morgan fingerprint density at radius 3 is 2.42 bits per heavy atom. The van der Waals surface area contributed by atoms with Crippen molar-refractivity contribution in [3.63, 3.8) is 0 Å². The lowest BCUT2D eigenvalue weighted by Gasteiger charge is -2.12. The van der Waals surface area contributed by atoms with Gasteiger partial charge in [0.2, 0.25) is 0 Å². The summed E-state index contributed by atoms with van der Waals surface area (Å²) in [4.78, 5) is 0. The summed E-state index contributed by atoms with van der Waals surface area (Å²) in [5.74, 6) is 0.681. The van der Waals surface area contributed by atoms with Gasteiger partial charge in [-0.25, -0.2) is 0 Å². The molecule has 19 heavy (non-hydrogen) atoms. The average molecular weight is 260 g/mol. The minimum Gasteiger partial charge on any atom is -0.0991 e. The van der Waals surface area contributed by atoms with Gasteiger partial charge < -0.3 is 0 Å². The molecule has 108 valence electrons. The summed E-state index contributed by atoms with van der Waals surface area (Å²) in [7, 11) is 0. The quantitative estimate of drug-likeness (QED) is 0.497. The highest BCUT2D eigenvalue weighted by Gasteiger charge is 2.04. The van der Waals surface area contributed by atoms with Crippen molar-refractivity contribution in [1.82, 2.24) is 0 Å². The monoisotopic (exact) mass is 260 g/mol. The molecule has 0 aromatic heterocycles. The molecule has 1 atom stereocenters. The van der Waals surface area contributed by atoms with Crippen LogP contribution in [0.5, 0.6) is 0 Å². The van der Waals surface area contributed by atoms with E-state index in [0.29, 0.717) is 5.92 Å². The number of hydrogen-bond donors (Lipinski definition) is 0. The molecule has 1 rings (SSSR count). The zero-order valence-corrected chi connectivity index (χ0v) is 13.7. The molecule has 0 radical (unpaired) electrons. The highest BCUT2D eigenvalue weighted by Crippen LogP contribution is 2.22. The van der Waals surface area contributed by atoms with Crippen LogP contribution < -0.4 is 0 Å². The molecule has 0 saturated carbocycles. The van der Waals surface area contributed by atoms with Crippen LogP contribution in [0.1, 0.15) is 54.4 Å². The molecule has 1 aliphatic rings. The fourth-order valence-corrected chi connectivity index (χ4v) is 1.82. The van der Waals surface area contributed by atoms with Crippen LogP contribution in [0.15, 0.2) is 60.3 Å². The lowest BCUT2D eigenvalue weighted by atomic mass is 9.93. The minimum absolute atomic E-state index is 0.681. The van der Waals surface area contributed by atoms with E-state index in [-0.39, 0.29) is 0 Å². The van der Waals surface area contributed by atoms with Gasteiger partial charge in [-0.2, -0.15) is 0 Å². The van der Waals surface area contributed by atoms with Crippen molar-refractivity contribution < 1.29 is 0 Å². The van der Waals surface area contributed by atoms with Crippen molar-refractivity contribution in [2.24, 2.45) is 5.92 Å². The molecule has 0 aromatic carbocycles. The Balaban J connectivity index is 0. The standard InChI is InChI=1S/C15H20.2C2H6/c1-4-7-14(8-5-2)12-15-10-6-9-13(3)11-15;2*1-2/h4-8,10-11,13H,1,9,12H2,2-3H3;2*1-2H3/b8-5-,14-7+;;. The van der Waals surface area contributed by atoms with E-state index in [1.807, 2.05) is 40.7 Å². The van der Waals surface area contributed by atoms with E-state index in [9.17, 15) is 0 Å². The predicted molar refractivity (Wildman–Crippen MR) is 91.4 cm³/mol. The maximum atomic E-state index is 3.74. The van der Waals surface area contributed by atoms with E-state index < -0.39 is 0 Å². The third-order valence-electron chi connectivity index (χ3n) is 2.46. The van der Waals surface area contributed by atoms with Crippen molar-refractivity contribution in [3.8, 4) is 0 Å². The van der Waals surface area contributed by atoms with Crippen LogP contribution in [0.3, 0.4) is 0 Å². The van der Waals surface area contributed by atoms with Crippen LogP contribution in [0.2, 0.25) is 0 Å². The second-order valence-electron chi connectivity index (χ2n) is 4.01. The molecule has 0 fully saturated rings. The molecule has 0 heterocycles. The molecule has 0 saturated heterocycles. The number of allylic oxidation sites excluding steroid dienone is 9. The summed E-state index contributed by atoms with van der Waals surface area (Å²) in [5, 5.41) is 0.